The molecule has 1 amide bonds. The molecule has 3 rings (SSSR count). The Bertz CT molecular complexity index is 538. The predicted octanol–water partition coefficient (Wildman–Crippen LogP) is 1.36. The second kappa shape index (κ2) is 6.00. The van der Waals surface area contributed by atoms with Crippen molar-refractivity contribution < 1.29 is 27.8 Å². The lowest BCUT2D eigenvalue weighted by molar-refractivity contribution is -0.286. The third kappa shape index (κ3) is 3.52. The molecule has 0 spiro atoms. The van der Waals surface area contributed by atoms with Crippen LogP contribution in [0, 0.1) is 0 Å². The lowest BCUT2D eigenvalue weighted by Crippen LogP contribution is -2.48. The van der Waals surface area contributed by atoms with Crippen LogP contribution in [-0.4, -0.2) is 38.0 Å². The highest BCUT2D eigenvalue weighted by Crippen LogP contribution is 2.42. The number of nitrogens with one attached hydrogen (secondary N) is 2. The Morgan fingerprint density at radius 2 is 2.10 bits per heavy atom. The molecular formula is C12H13ClF2N2O4. The molecule has 0 radical (unpaired) electrons. The highest BCUT2D eigenvalue weighted by atomic mass is 35.5. The molecule has 1 aromatic carbocycles. The average Bonchev–Trinajstić information content (AvgIpc) is 2.73. The summed E-state index contributed by atoms with van der Waals surface area (Å²) in [6.45, 7) is 1.42. The van der Waals surface area contributed by atoms with Gasteiger partial charge in [-0.3, -0.25) is 4.79 Å². The van der Waals surface area contributed by atoms with Crippen molar-refractivity contribution in [3.63, 3.8) is 0 Å². The van der Waals surface area contributed by atoms with Gasteiger partial charge in [-0.2, -0.15) is 0 Å². The maximum Gasteiger partial charge on any atom is 0.586 e. The lowest BCUT2D eigenvalue weighted by atomic mass is 10.2. The fourth-order valence-electron chi connectivity index (χ4n) is 1.99. The topological polar surface area (TPSA) is 68.8 Å². The zero-order valence-electron chi connectivity index (χ0n) is 10.7. The second-order valence-corrected chi connectivity index (χ2v) is 4.40. The van der Waals surface area contributed by atoms with Crippen LogP contribution in [0.3, 0.4) is 0 Å². The first kappa shape index (κ1) is 15.7. The molecule has 1 saturated heterocycles. The van der Waals surface area contributed by atoms with E-state index in [1.807, 2.05) is 0 Å². The van der Waals surface area contributed by atoms with E-state index in [1.54, 1.807) is 0 Å². The summed E-state index contributed by atoms with van der Waals surface area (Å²) in [4.78, 5) is 11.9. The minimum absolute atomic E-state index is 0. The first-order valence-corrected chi connectivity index (χ1v) is 6.05. The minimum Gasteiger partial charge on any atom is -0.395 e. The van der Waals surface area contributed by atoms with Gasteiger partial charge in [-0.15, -0.1) is 21.2 Å². The zero-order valence-corrected chi connectivity index (χ0v) is 11.5. The number of anilines is 1. The Labute approximate surface area is 125 Å². The van der Waals surface area contributed by atoms with E-state index in [0.717, 1.165) is 0 Å². The summed E-state index contributed by atoms with van der Waals surface area (Å²) in [5, 5.41) is 5.60. The van der Waals surface area contributed by atoms with Gasteiger partial charge in [-0.25, -0.2) is 0 Å². The third-order valence-electron chi connectivity index (χ3n) is 2.91. The van der Waals surface area contributed by atoms with Crippen LogP contribution in [0.5, 0.6) is 11.5 Å². The van der Waals surface area contributed by atoms with Crippen molar-refractivity contribution in [2.45, 2.75) is 12.3 Å². The molecule has 1 fully saturated rings. The molecule has 2 heterocycles. The fourth-order valence-corrected chi connectivity index (χ4v) is 1.99. The number of carbonyl (C=O) groups is 1. The summed E-state index contributed by atoms with van der Waals surface area (Å²) >= 11 is 0. The van der Waals surface area contributed by atoms with Gasteiger partial charge in [-0.05, 0) is 12.1 Å². The zero-order chi connectivity index (χ0) is 14.2. The number of halogens is 3. The number of alkyl halides is 2. The molecule has 6 nitrogen and oxygen atoms in total. The number of rotatable bonds is 2. The first-order chi connectivity index (χ1) is 9.53. The van der Waals surface area contributed by atoms with Crippen LogP contribution < -0.4 is 20.1 Å². The Morgan fingerprint density at radius 1 is 1.33 bits per heavy atom. The Morgan fingerprint density at radius 3 is 2.81 bits per heavy atom. The molecule has 2 aliphatic rings. The van der Waals surface area contributed by atoms with Gasteiger partial charge in [0.2, 0.25) is 5.91 Å². The van der Waals surface area contributed by atoms with Crippen molar-refractivity contribution in [2.24, 2.45) is 0 Å². The number of fused-ring (bicyclic) bond motifs is 1. The van der Waals surface area contributed by atoms with Gasteiger partial charge in [0.1, 0.15) is 6.04 Å². The van der Waals surface area contributed by atoms with Crippen LogP contribution >= 0.6 is 12.4 Å². The largest absolute Gasteiger partial charge is 0.586 e. The number of amides is 1. The Kier molecular flexibility index (Phi) is 4.50. The van der Waals surface area contributed by atoms with E-state index in [9.17, 15) is 13.6 Å². The van der Waals surface area contributed by atoms with E-state index < -0.39 is 12.3 Å². The monoisotopic (exact) mass is 322 g/mol. The van der Waals surface area contributed by atoms with E-state index in [1.165, 1.54) is 18.2 Å². The third-order valence-corrected chi connectivity index (χ3v) is 2.91. The molecular weight excluding hydrogens is 310 g/mol. The molecule has 1 unspecified atom stereocenters. The van der Waals surface area contributed by atoms with E-state index in [-0.39, 0.29) is 36.4 Å². The van der Waals surface area contributed by atoms with E-state index in [2.05, 4.69) is 20.1 Å². The molecule has 2 aliphatic heterocycles. The highest BCUT2D eigenvalue weighted by molar-refractivity contribution is 5.95. The molecule has 0 bridgehead atoms. The van der Waals surface area contributed by atoms with Crippen LogP contribution in [0.2, 0.25) is 0 Å². The van der Waals surface area contributed by atoms with E-state index in [0.29, 0.717) is 18.8 Å². The quantitative estimate of drug-likeness (QED) is 0.860. The van der Waals surface area contributed by atoms with Crippen molar-refractivity contribution in [1.29, 1.82) is 0 Å². The molecule has 2 N–H and O–H groups in total. The Hall–Kier alpha value is -1.64. The average molecular weight is 323 g/mol. The summed E-state index contributed by atoms with van der Waals surface area (Å²) < 4.78 is 39.5. The molecule has 0 aliphatic carbocycles. The van der Waals surface area contributed by atoms with Gasteiger partial charge in [-0.1, -0.05) is 0 Å². The van der Waals surface area contributed by atoms with Crippen LogP contribution in [-0.2, 0) is 9.53 Å². The van der Waals surface area contributed by atoms with Gasteiger partial charge in [0.15, 0.2) is 11.5 Å². The maximum absolute atomic E-state index is 12.9. The molecule has 116 valence electrons. The SMILES string of the molecule is Cl.O=C(Nc1ccc2c(c1)OC(F)(F)O2)C1COCCN1. The van der Waals surface area contributed by atoms with Gasteiger partial charge in [0.25, 0.3) is 0 Å². The van der Waals surface area contributed by atoms with E-state index >= 15 is 0 Å². The summed E-state index contributed by atoms with van der Waals surface area (Å²) in [5.41, 5.74) is 0.349. The van der Waals surface area contributed by atoms with Gasteiger partial charge >= 0.3 is 6.29 Å². The summed E-state index contributed by atoms with van der Waals surface area (Å²) in [6, 6.07) is 3.61. The van der Waals surface area contributed by atoms with Crippen molar-refractivity contribution in [1.82, 2.24) is 5.32 Å². The second-order valence-electron chi connectivity index (χ2n) is 4.40. The fraction of sp³-hybridized carbons (Fsp3) is 0.417. The number of benzene rings is 1. The van der Waals surface area contributed by atoms with Crippen LogP contribution in [0.15, 0.2) is 18.2 Å². The highest BCUT2D eigenvalue weighted by Gasteiger charge is 2.43. The van der Waals surface area contributed by atoms with Gasteiger partial charge in [0, 0.05) is 18.3 Å². The van der Waals surface area contributed by atoms with Crippen molar-refractivity contribution in [3.8, 4) is 11.5 Å². The molecule has 1 aromatic rings. The van der Waals surface area contributed by atoms with Gasteiger partial charge < -0.3 is 24.8 Å². The molecule has 0 saturated carbocycles. The standard InChI is InChI=1S/C12H12F2N2O4.ClH/c13-12(14)19-9-2-1-7(5-10(9)20-12)16-11(17)8-6-18-4-3-15-8;/h1-2,5,8,15H,3-4,6H2,(H,16,17);1H. The van der Waals surface area contributed by atoms with Crippen LogP contribution in [0.4, 0.5) is 14.5 Å². The molecule has 9 heteroatoms. The summed E-state index contributed by atoms with van der Waals surface area (Å²) in [5.74, 6) is -0.469. The molecule has 0 aromatic heterocycles. The van der Waals surface area contributed by atoms with Crippen molar-refractivity contribution in [2.75, 3.05) is 25.1 Å². The maximum atomic E-state index is 12.9. The summed E-state index contributed by atoms with van der Waals surface area (Å²) in [7, 11) is 0. The predicted molar refractivity (Wildman–Crippen MR) is 71.1 cm³/mol. The van der Waals surface area contributed by atoms with E-state index in [4.69, 9.17) is 4.74 Å². The number of morpholine rings is 1. The van der Waals surface area contributed by atoms with Crippen LogP contribution in [0.25, 0.3) is 0 Å². The van der Waals surface area contributed by atoms with Crippen molar-refractivity contribution >= 4 is 24.0 Å². The normalized spacial score (nSPS) is 22.3. The molecule has 1 atom stereocenters. The lowest BCUT2D eigenvalue weighted by Gasteiger charge is -2.22. The number of hydrogen-bond donors (Lipinski definition) is 2. The van der Waals surface area contributed by atoms with Crippen molar-refractivity contribution in [3.05, 3.63) is 18.2 Å². The number of hydrogen-bond acceptors (Lipinski definition) is 5. The molecule has 21 heavy (non-hydrogen) atoms. The number of ether oxygens (including phenoxy) is 3. The van der Waals surface area contributed by atoms with Gasteiger partial charge in [0.05, 0.1) is 13.2 Å². The smallest absolute Gasteiger partial charge is 0.395 e. The minimum atomic E-state index is -3.66. The summed E-state index contributed by atoms with van der Waals surface area (Å²) in [6.07, 6.45) is -3.66. The van der Waals surface area contributed by atoms with Crippen LogP contribution in [0.1, 0.15) is 0 Å². The first-order valence-electron chi connectivity index (χ1n) is 6.05. The Balaban J connectivity index is 0.00000161. The number of carbonyl (C=O) groups excluding carboxylic acids is 1.